The molecular formula is C14H21FN2O3S. The van der Waals surface area contributed by atoms with Gasteiger partial charge < -0.3 is 10.8 Å². The van der Waals surface area contributed by atoms with Crippen molar-refractivity contribution in [1.29, 1.82) is 0 Å². The Kier molecular flexibility index (Phi) is 4.85. The number of sulfonamides is 1. The van der Waals surface area contributed by atoms with Crippen molar-refractivity contribution < 1.29 is 17.9 Å². The van der Waals surface area contributed by atoms with Gasteiger partial charge in [-0.2, -0.15) is 4.31 Å². The number of halogens is 1. The average molecular weight is 316 g/mol. The van der Waals surface area contributed by atoms with Crippen LogP contribution in [0.2, 0.25) is 0 Å². The first kappa shape index (κ1) is 16.2. The molecule has 0 unspecified atom stereocenters. The molecular weight excluding hydrogens is 295 g/mol. The van der Waals surface area contributed by atoms with Crippen molar-refractivity contribution in [2.24, 2.45) is 0 Å². The highest BCUT2D eigenvalue weighted by Gasteiger charge is 2.33. The standard InChI is InChI=1S/C14H21FN2O3S/c1-10-8-12(9-13(16)14(10)15)21(19,20)17(6-7-18)11-4-2-3-5-11/h8-9,11,18H,2-7,16H2,1H3. The fourth-order valence-corrected chi connectivity index (χ4v) is 4.63. The van der Waals surface area contributed by atoms with Gasteiger partial charge in [-0.05, 0) is 37.5 Å². The van der Waals surface area contributed by atoms with E-state index in [2.05, 4.69) is 0 Å². The van der Waals surface area contributed by atoms with Crippen LogP contribution in [0.5, 0.6) is 0 Å². The molecule has 1 saturated carbocycles. The van der Waals surface area contributed by atoms with Crippen molar-refractivity contribution in [1.82, 2.24) is 4.31 Å². The average Bonchev–Trinajstić information content (AvgIpc) is 2.95. The largest absolute Gasteiger partial charge is 0.396 e. The van der Waals surface area contributed by atoms with Crippen molar-refractivity contribution in [2.45, 2.75) is 43.5 Å². The van der Waals surface area contributed by atoms with E-state index < -0.39 is 15.8 Å². The van der Waals surface area contributed by atoms with E-state index in [1.54, 1.807) is 0 Å². The Labute approximate surface area is 124 Å². The van der Waals surface area contributed by atoms with E-state index in [-0.39, 0.29) is 35.3 Å². The first-order valence-corrected chi connectivity index (χ1v) is 8.50. The van der Waals surface area contributed by atoms with E-state index in [9.17, 15) is 12.8 Å². The van der Waals surface area contributed by atoms with Crippen LogP contribution in [0.15, 0.2) is 17.0 Å². The number of hydrogen-bond acceptors (Lipinski definition) is 4. The molecule has 0 aromatic heterocycles. The predicted molar refractivity (Wildman–Crippen MR) is 78.8 cm³/mol. The monoisotopic (exact) mass is 316 g/mol. The fourth-order valence-electron chi connectivity index (χ4n) is 2.84. The van der Waals surface area contributed by atoms with Crippen LogP contribution < -0.4 is 5.73 Å². The highest BCUT2D eigenvalue weighted by molar-refractivity contribution is 7.89. The summed E-state index contributed by atoms with van der Waals surface area (Å²) in [5.41, 5.74) is 5.56. The van der Waals surface area contributed by atoms with E-state index in [0.717, 1.165) is 31.7 Å². The first-order valence-electron chi connectivity index (χ1n) is 7.06. The Balaban J connectivity index is 2.42. The molecule has 1 aromatic rings. The van der Waals surface area contributed by atoms with Gasteiger partial charge in [0.15, 0.2) is 0 Å². The molecule has 0 saturated heterocycles. The number of rotatable bonds is 5. The van der Waals surface area contributed by atoms with E-state index in [4.69, 9.17) is 10.8 Å². The molecule has 1 aliphatic carbocycles. The van der Waals surface area contributed by atoms with E-state index in [1.165, 1.54) is 17.3 Å². The van der Waals surface area contributed by atoms with Crippen molar-refractivity contribution in [2.75, 3.05) is 18.9 Å². The van der Waals surface area contributed by atoms with Gasteiger partial charge in [0.1, 0.15) is 5.82 Å². The Bertz CT molecular complexity index is 590. The van der Waals surface area contributed by atoms with Crippen LogP contribution in [-0.4, -0.2) is 37.0 Å². The lowest BCUT2D eigenvalue weighted by Crippen LogP contribution is -2.40. The van der Waals surface area contributed by atoms with Crippen molar-refractivity contribution in [3.8, 4) is 0 Å². The lowest BCUT2D eigenvalue weighted by molar-refractivity contribution is 0.226. The first-order chi connectivity index (χ1) is 9.87. The van der Waals surface area contributed by atoms with Gasteiger partial charge in [0.2, 0.25) is 10.0 Å². The van der Waals surface area contributed by atoms with Gasteiger partial charge in [-0.3, -0.25) is 0 Å². The number of aliphatic hydroxyl groups excluding tert-OH is 1. The highest BCUT2D eigenvalue weighted by Crippen LogP contribution is 2.30. The predicted octanol–water partition coefficient (Wildman–Crippen LogP) is 1.64. The van der Waals surface area contributed by atoms with Crippen molar-refractivity contribution >= 4 is 15.7 Å². The quantitative estimate of drug-likeness (QED) is 0.809. The summed E-state index contributed by atoms with van der Waals surface area (Å²) in [5.74, 6) is -0.594. The number of nitrogens with two attached hydrogens (primary N) is 1. The summed E-state index contributed by atoms with van der Waals surface area (Å²) >= 11 is 0. The molecule has 1 aromatic carbocycles. The smallest absolute Gasteiger partial charge is 0.243 e. The van der Waals surface area contributed by atoms with Gasteiger partial charge in [0.25, 0.3) is 0 Å². The molecule has 7 heteroatoms. The molecule has 0 amide bonds. The molecule has 21 heavy (non-hydrogen) atoms. The maximum atomic E-state index is 13.6. The summed E-state index contributed by atoms with van der Waals surface area (Å²) in [4.78, 5) is -0.0146. The zero-order chi connectivity index (χ0) is 15.6. The molecule has 0 aliphatic heterocycles. The van der Waals surface area contributed by atoms with Gasteiger partial charge in [-0.25, -0.2) is 12.8 Å². The summed E-state index contributed by atoms with van der Waals surface area (Å²) in [6.45, 7) is 1.28. The number of nitrogen functional groups attached to an aromatic ring is 1. The SMILES string of the molecule is Cc1cc(S(=O)(=O)N(CCO)C2CCCC2)cc(N)c1F. The van der Waals surface area contributed by atoms with Gasteiger partial charge in [-0.1, -0.05) is 12.8 Å². The number of nitrogens with zero attached hydrogens (tertiary/aromatic N) is 1. The molecule has 118 valence electrons. The lowest BCUT2D eigenvalue weighted by Gasteiger charge is -2.27. The minimum Gasteiger partial charge on any atom is -0.396 e. The third kappa shape index (κ3) is 3.20. The van der Waals surface area contributed by atoms with Gasteiger partial charge in [0.05, 0.1) is 17.2 Å². The van der Waals surface area contributed by atoms with Crippen LogP contribution in [0.1, 0.15) is 31.2 Å². The van der Waals surface area contributed by atoms with E-state index in [1.807, 2.05) is 0 Å². The van der Waals surface area contributed by atoms with E-state index >= 15 is 0 Å². The van der Waals surface area contributed by atoms with Crippen LogP contribution in [0.25, 0.3) is 0 Å². The minimum absolute atomic E-state index is 0.0146. The number of anilines is 1. The van der Waals surface area contributed by atoms with Gasteiger partial charge in [-0.15, -0.1) is 0 Å². The Morgan fingerprint density at radius 2 is 2.00 bits per heavy atom. The van der Waals surface area contributed by atoms with Crippen LogP contribution in [0, 0.1) is 12.7 Å². The van der Waals surface area contributed by atoms with Gasteiger partial charge >= 0.3 is 0 Å². The number of benzene rings is 1. The third-order valence-electron chi connectivity index (χ3n) is 3.92. The Hall–Kier alpha value is -1.18. The second-order valence-electron chi connectivity index (χ2n) is 5.42. The maximum Gasteiger partial charge on any atom is 0.243 e. The molecule has 1 aliphatic rings. The lowest BCUT2D eigenvalue weighted by atomic mass is 10.2. The molecule has 0 spiro atoms. The Morgan fingerprint density at radius 3 is 2.52 bits per heavy atom. The summed E-state index contributed by atoms with van der Waals surface area (Å²) < 4.78 is 40.4. The summed E-state index contributed by atoms with van der Waals surface area (Å²) in [5, 5.41) is 9.17. The summed E-state index contributed by atoms with van der Waals surface area (Å²) in [6, 6.07) is 2.34. The summed E-state index contributed by atoms with van der Waals surface area (Å²) in [7, 11) is -3.78. The minimum atomic E-state index is -3.78. The fraction of sp³-hybridized carbons (Fsp3) is 0.571. The highest BCUT2D eigenvalue weighted by atomic mass is 32.2. The van der Waals surface area contributed by atoms with Crippen molar-refractivity contribution in [3.63, 3.8) is 0 Å². The maximum absolute atomic E-state index is 13.6. The molecule has 0 radical (unpaired) electrons. The molecule has 1 fully saturated rings. The zero-order valence-corrected chi connectivity index (χ0v) is 12.9. The molecule has 5 nitrogen and oxygen atoms in total. The molecule has 0 atom stereocenters. The van der Waals surface area contributed by atoms with Crippen LogP contribution >= 0.6 is 0 Å². The second kappa shape index (κ2) is 6.29. The Morgan fingerprint density at radius 1 is 1.38 bits per heavy atom. The van der Waals surface area contributed by atoms with E-state index in [0.29, 0.717) is 0 Å². The normalized spacial score (nSPS) is 16.8. The molecule has 3 N–H and O–H groups in total. The molecule has 2 rings (SSSR count). The number of hydrogen-bond donors (Lipinski definition) is 2. The van der Waals surface area contributed by atoms with Crippen molar-refractivity contribution in [3.05, 3.63) is 23.5 Å². The molecule has 0 heterocycles. The topological polar surface area (TPSA) is 83.6 Å². The third-order valence-corrected chi connectivity index (χ3v) is 5.84. The second-order valence-corrected chi connectivity index (χ2v) is 7.31. The summed E-state index contributed by atoms with van der Waals surface area (Å²) in [6.07, 6.45) is 3.53. The number of aryl methyl sites for hydroxylation is 1. The van der Waals surface area contributed by atoms with Gasteiger partial charge in [0, 0.05) is 12.6 Å². The molecule has 0 bridgehead atoms. The zero-order valence-electron chi connectivity index (χ0n) is 12.0. The van der Waals surface area contributed by atoms with Crippen LogP contribution in [0.3, 0.4) is 0 Å². The van der Waals surface area contributed by atoms with Crippen LogP contribution in [0.4, 0.5) is 10.1 Å². The number of aliphatic hydroxyl groups is 1. The van der Waals surface area contributed by atoms with Crippen LogP contribution in [-0.2, 0) is 10.0 Å².